The Kier molecular flexibility index (Phi) is 6.39. The summed E-state index contributed by atoms with van der Waals surface area (Å²) in [6, 6.07) is 19.5. The van der Waals surface area contributed by atoms with Gasteiger partial charge in [0.2, 0.25) is 0 Å². The highest BCUT2D eigenvalue weighted by atomic mass is 16.5. The Morgan fingerprint density at radius 1 is 1.14 bits per heavy atom. The van der Waals surface area contributed by atoms with Crippen molar-refractivity contribution in [1.82, 2.24) is 15.1 Å². The fourth-order valence-electron chi connectivity index (χ4n) is 3.88. The summed E-state index contributed by atoms with van der Waals surface area (Å²) < 4.78 is 7.75. The first-order valence-corrected chi connectivity index (χ1v) is 10.4. The van der Waals surface area contributed by atoms with Gasteiger partial charge in [-0.3, -0.25) is 4.68 Å². The molecular formula is C24H30N4O. The Balaban J connectivity index is 1.54. The summed E-state index contributed by atoms with van der Waals surface area (Å²) in [7, 11) is 0. The molecule has 2 heterocycles. The van der Waals surface area contributed by atoms with Crippen molar-refractivity contribution in [3.05, 3.63) is 77.5 Å². The Morgan fingerprint density at radius 2 is 1.93 bits per heavy atom. The highest BCUT2D eigenvalue weighted by Crippen LogP contribution is 2.24. The van der Waals surface area contributed by atoms with E-state index >= 15 is 0 Å². The van der Waals surface area contributed by atoms with Crippen LogP contribution in [0.1, 0.15) is 29.5 Å². The quantitative estimate of drug-likeness (QED) is 0.648. The van der Waals surface area contributed by atoms with Crippen LogP contribution in [0.4, 0.5) is 0 Å². The van der Waals surface area contributed by atoms with Crippen molar-refractivity contribution in [1.29, 1.82) is 0 Å². The maximum Gasteiger partial charge on any atom is 0.0968 e. The molecular weight excluding hydrogens is 360 g/mol. The number of nitrogens with two attached hydrogens (primary N) is 1. The Hall–Kier alpha value is -2.47. The predicted octanol–water partition coefficient (Wildman–Crippen LogP) is 3.50. The summed E-state index contributed by atoms with van der Waals surface area (Å²) in [4.78, 5) is 0. The Morgan fingerprint density at radius 3 is 2.69 bits per heavy atom. The lowest BCUT2D eigenvalue weighted by Gasteiger charge is -2.29. The van der Waals surface area contributed by atoms with E-state index in [1.807, 2.05) is 10.7 Å². The van der Waals surface area contributed by atoms with E-state index < -0.39 is 0 Å². The van der Waals surface area contributed by atoms with Crippen LogP contribution in [-0.4, -0.2) is 35.1 Å². The molecule has 5 heteroatoms. The number of rotatable bonds is 7. The van der Waals surface area contributed by atoms with Crippen LogP contribution in [0.5, 0.6) is 0 Å². The Bertz CT molecular complexity index is 904. The lowest BCUT2D eigenvalue weighted by Crippen LogP contribution is -2.41. The number of aromatic nitrogens is 2. The molecule has 1 aliphatic rings. The van der Waals surface area contributed by atoms with Crippen LogP contribution >= 0.6 is 0 Å². The maximum atomic E-state index is 5.80. The minimum atomic E-state index is 0.165. The molecule has 3 N–H and O–H groups in total. The second-order valence-corrected chi connectivity index (χ2v) is 7.88. The topological polar surface area (TPSA) is 65.1 Å². The number of hydrogen-bond donors (Lipinski definition) is 2. The molecule has 0 bridgehead atoms. The summed E-state index contributed by atoms with van der Waals surface area (Å²) in [6.45, 7) is 5.03. The first kappa shape index (κ1) is 19.8. The molecule has 29 heavy (non-hydrogen) atoms. The average Bonchev–Trinajstić information content (AvgIpc) is 3.16. The molecule has 1 fully saturated rings. The van der Waals surface area contributed by atoms with Gasteiger partial charge in [-0.15, -0.1) is 0 Å². The second kappa shape index (κ2) is 9.35. The van der Waals surface area contributed by atoms with Gasteiger partial charge in [0, 0.05) is 43.1 Å². The van der Waals surface area contributed by atoms with Crippen molar-refractivity contribution in [2.24, 2.45) is 5.73 Å². The summed E-state index contributed by atoms with van der Waals surface area (Å²) >= 11 is 0. The maximum absolute atomic E-state index is 5.80. The molecule has 1 aliphatic heterocycles. The van der Waals surface area contributed by atoms with Crippen LogP contribution in [0.2, 0.25) is 0 Å². The number of nitrogens with one attached hydrogen (secondary N) is 1. The first-order valence-electron chi connectivity index (χ1n) is 10.4. The van der Waals surface area contributed by atoms with Crippen LogP contribution in [0, 0.1) is 6.92 Å². The van der Waals surface area contributed by atoms with Crippen LogP contribution in [0.15, 0.2) is 60.8 Å². The third-order valence-electron chi connectivity index (χ3n) is 5.56. The fraction of sp³-hybridized carbons (Fsp3) is 0.375. The van der Waals surface area contributed by atoms with E-state index in [1.165, 1.54) is 16.7 Å². The molecule has 0 amide bonds. The van der Waals surface area contributed by atoms with Gasteiger partial charge in [-0.1, -0.05) is 60.2 Å². The largest absolute Gasteiger partial charge is 0.377 e. The van der Waals surface area contributed by atoms with Gasteiger partial charge in [-0.05, 0) is 25.3 Å². The number of ether oxygens (including phenoxy) is 1. The van der Waals surface area contributed by atoms with Crippen molar-refractivity contribution in [3.8, 4) is 11.3 Å². The van der Waals surface area contributed by atoms with Gasteiger partial charge in [0.1, 0.15) is 0 Å². The third kappa shape index (κ3) is 5.12. The molecule has 4 rings (SSSR count). The summed E-state index contributed by atoms with van der Waals surface area (Å²) in [5.41, 5.74) is 11.7. The van der Waals surface area contributed by atoms with E-state index in [1.54, 1.807) is 0 Å². The molecule has 0 spiro atoms. The van der Waals surface area contributed by atoms with Crippen molar-refractivity contribution in [2.75, 3.05) is 13.2 Å². The van der Waals surface area contributed by atoms with Gasteiger partial charge in [0.25, 0.3) is 0 Å². The third-order valence-corrected chi connectivity index (χ3v) is 5.56. The smallest absolute Gasteiger partial charge is 0.0968 e. The zero-order valence-electron chi connectivity index (χ0n) is 17.1. The van der Waals surface area contributed by atoms with Gasteiger partial charge < -0.3 is 15.8 Å². The van der Waals surface area contributed by atoms with Gasteiger partial charge in [0.15, 0.2) is 0 Å². The average molecular weight is 391 g/mol. The van der Waals surface area contributed by atoms with E-state index in [4.69, 9.17) is 15.6 Å². The molecule has 2 atom stereocenters. The fourth-order valence-corrected chi connectivity index (χ4v) is 3.88. The molecule has 0 unspecified atom stereocenters. The molecule has 0 saturated carbocycles. The molecule has 2 aromatic carbocycles. The van der Waals surface area contributed by atoms with E-state index in [2.05, 4.69) is 67.0 Å². The molecule has 5 nitrogen and oxygen atoms in total. The van der Waals surface area contributed by atoms with Crippen LogP contribution in [-0.2, 0) is 17.8 Å². The Labute approximate surface area is 172 Å². The number of hydrogen-bond acceptors (Lipinski definition) is 4. The molecule has 3 aromatic rings. The number of nitrogens with zero attached hydrogens (tertiary/aromatic N) is 2. The van der Waals surface area contributed by atoms with Crippen molar-refractivity contribution < 1.29 is 4.74 Å². The van der Waals surface area contributed by atoms with E-state index in [-0.39, 0.29) is 6.10 Å². The molecule has 1 saturated heterocycles. The predicted molar refractivity (Wildman–Crippen MR) is 117 cm³/mol. The van der Waals surface area contributed by atoms with Gasteiger partial charge in [-0.25, -0.2) is 0 Å². The number of aryl methyl sites for hydroxylation is 1. The molecule has 152 valence electrons. The highest BCUT2D eigenvalue weighted by molar-refractivity contribution is 5.63. The van der Waals surface area contributed by atoms with Crippen LogP contribution < -0.4 is 11.1 Å². The lowest BCUT2D eigenvalue weighted by molar-refractivity contribution is 0.00717. The van der Waals surface area contributed by atoms with Crippen LogP contribution in [0.3, 0.4) is 0 Å². The van der Waals surface area contributed by atoms with Crippen molar-refractivity contribution >= 4 is 0 Å². The van der Waals surface area contributed by atoms with E-state index in [0.29, 0.717) is 12.6 Å². The number of benzene rings is 2. The summed E-state index contributed by atoms with van der Waals surface area (Å²) in [5.74, 6) is 0. The van der Waals surface area contributed by atoms with E-state index in [0.717, 1.165) is 43.8 Å². The van der Waals surface area contributed by atoms with E-state index in [9.17, 15) is 0 Å². The van der Waals surface area contributed by atoms with Crippen molar-refractivity contribution in [3.63, 3.8) is 0 Å². The minimum absolute atomic E-state index is 0.165. The lowest BCUT2D eigenvalue weighted by atomic mass is 10.0. The van der Waals surface area contributed by atoms with Crippen molar-refractivity contribution in [2.45, 2.75) is 45.0 Å². The van der Waals surface area contributed by atoms with Gasteiger partial charge >= 0.3 is 0 Å². The SMILES string of the molecule is Cc1ccc(-c2nn(Cc3ccccc3)cc2CN[C@@H]2CCO[C@@H](CN)C2)cc1. The monoisotopic (exact) mass is 390 g/mol. The summed E-state index contributed by atoms with van der Waals surface area (Å²) in [5, 5.41) is 8.64. The second-order valence-electron chi connectivity index (χ2n) is 7.88. The molecule has 1 aromatic heterocycles. The molecule has 0 radical (unpaired) electrons. The normalized spacial score (nSPS) is 19.4. The molecule has 0 aliphatic carbocycles. The van der Waals surface area contributed by atoms with Crippen LogP contribution in [0.25, 0.3) is 11.3 Å². The van der Waals surface area contributed by atoms with Gasteiger partial charge in [-0.2, -0.15) is 5.10 Å². The first-order chi connectivity index (χ1) is 14.2. The highest BCUT2D eigenvalue weighted by Gasteiger charge is 2.22. The minimum Gasteiger partial charge on any atom is -0.377 e. The van der Waals surface area contributed by atoms with Gasteiger partial charge in [0.05, 0.1) is 18.3 Å². The zero-order chi connectivity index (χ0) is 20.1. The zero-order valence-corrected chi connectivity index (χ0v) is 17.1. The summed E-state index contributed by atoms with van der Waals surface area (Å²) in [6.07, 6.45) is 4.33. The standard InChI is InChI=1S/C24H30N4O/c1-18-7-9-20(10-8-18)24-21(15-26-22-11-12-29-23(13-22)14-25)17-28(27-24)16-19-5-3-2-4-6-19/h2-10,17,22-23,26H,11-16,25H2,1H3/t22-,23-/m1/s1.